The molecule has 196 valence electrons. The molecule has 1 N–H and O–H groups in total. The number of rotatable bonds is 7. The number of aromatic nitrogens is 2. The molecule has 1 heterocycles. The van der Waals surface area contributed by atoms with Crippen molar-refractivity contribution in [2.75, 3.05) is 6.61 Å². The molecule has 1 aromatic heterocycles. The Morgan fingerprint density at radius 1 is 1.11 bits per heavy atom. The molecule has 6 nitrogen and oxygen atoms in total. The molecule has 1 aromatic rings. The molecule has 0 spiro atoms. The Balaban J connectivity index is 1.28. The molecule has 8 atom stereocenters. The third kappa shape index (κ3) is 4.37. The van der Waals surface area contributed by atoms with Crippen molar-refractivity contribution < 1.29 is 19.4 Å². The Bertz CT molecular complexity index is 930. The van der Waals surface area contributed by atoms with Gasteiger partial charge in [0.2, 0.25) is 0 Å². The zero-order valence-electron chi connectivity index (χ0n) is 22.5. The summed E-state index contributed by atoms with van der Waals surface area (Å²) in [7, 11) is 0. The van der Waals surface area contributed by atoms with Crippen LogP contribution in [0.3, 0.4) is 0 Å². The van der Waals surface area contributed by atoms with Gasteiger partial charge in [0.15, 0.2) is 17.3 Å². The van der Waals surface area contributed by atoms with Crippen LogP contribution in [0.4, 0.5) is 0 Å². The van der Waals surface area contributed by atoms with E-state index >= 15 is 0 Å². The highest BCUT2D eigenvalue weighted by atomic mass is 16.6. The number of Topliss-reactive ketones (excluding diaryl/α,β-unsaturated/α-hetero) is 1. The van der Waals surface area contributed by atoms with E-state index in [2.05, 4.69) is 18.9 Å². The lowest BCUT2D eigenvalue weighted by atomic mass is 9.44. The number of ether oxygens (including phenoxy) is 2. The maximum Gasteiger partial charge on any atom is 0.165 e. The van der Waals surface area contributed by atoms with Gasteiger partial charge in [-0.2, -0.15) is 5.10 Å². The Labute approximate surface area is 211 Å². The number of ketones is 1. The number of carbonyl (C=O) groups excluding carboxylic acids is 1. The van der Waals surface area contributed by atoms with E-state index in [-0.39, 0.29) is 22.9 Å². The van der Waals surface area contributed by atoms with E-state index in [0.29, 0.717) is 42.6 Å². The lowest BCUT2D eigenvalue weighted by Gasteiger charge is -2.61. The van der Waals surface area contributed by atoms with Crippen molar-refractivity contribution in [2.24, 2.45) is 40.4 Å². The molecule has 0 bridgehead atoms. The van der Waals surface area contributed by atoms with Crippen LogP contribution in [0.5, 0.6) is 5.75 Å². The summed E-state index contributed by atoms with van der Waals surface area (Å²) in [5, 5.41) is 15.4. The fourth-order valence-corrected chi connectivity index (χ4v) is 9.17. The second-order valence-corrected chi connectivity index (χ2v) is 12.9. The van der Waals surface area contributed by atoms with Crippen molar-refractivity contribution in [3.63, 3.8) is 0 Å². The van der Waals surface area contributed by atoms with Crippen molar-refractivity contribution in [1.82, 2.24) is 9.78 Å². The summed E-state index contributed by atoms with van der Waals surface area (Å²) in [6.07, 6.45) is 13.3. The smallest absolute Gasteiger partial charge is 0.165 e. The number of hydrogen-bond acceptors (Lipinski definition) is 5. The van der Waals surface area contributed by atoms with Gasteiger partial charge in [0.25, 0.3) is 0 Å². The molecule has 0 aliphatic heterocycles. The summed E-state index contributed by atoms with van der Waals surface area (Å²) in [5.74, 6) is 2.88. The first-order valence-corrected chi connectivity index (χ1v) is 14.2. The van der Waals surface area contributed by atoms with Crippen molar-refractivity contribution in [2.45, 2.75) is 111 Å². The second-order valence-electron chi connectivity index (χ2n) is 12.9. The first kappa shape index (κ1) is 25.3. The Hall–Kier alpha value is -1.40. The van der Waals surface area contributed by atoms with Crippen LogP contribution in [0, 0.1) is 40.4 Å². The summed E-state index contributed by atoms with van der Waals surface area (Å²) in [5.41, 5.74) is 0.393. The molecule has 0 unspecified atom stereocenters. The van der Waals surface area contributed by atoms with Crippen LogP contribution in [-0.2, 0) is 16.1 Å². The molecule has 4 fully saturated rings. The molecule has 4 aliphatic carbocycles. The maximum atomic E-state index is 13.5. The molecule has 4 saturated carbocycles. The zero-order chi connectivity index (χ0) is 25.0. The van der Waals surface area contributed by atoms with Gasteiger partial charge >= 0.3 is 0 Å². The molecular formula is C29H46N2O4. The van der Waals surface area contributed by atoms with Gasteiger partial charge in [0.05, 0.1) is 25.0 Å². The normalized spacial score (nSPS) is 42.9. The van der Waals surface area contributed by atoms with Crippen molar-refractivity contribution in [3.05, 3.63) is 12.4 Å². The van der Waals surface area contributed by atoms with E-state index in [4.69, 9.17) is 9.47 Å². The van der Waals surface area contributed by atoms with Gasteiger partial charge in [0, 0.05) is 25.4 Å². The van der Waals surface area contributed by atoms with E-state index in [1.54, 1.807) is 10.9 Å². The molecule has 0 saturated heterocycles. The highest BCUT2D eigenvalue weighted by Crippen LogP contribution is 2.68. The minimum atomic E-state index is -0.924. The van der Waals surface area contributed by atoms with Crippen LogP contribution in [-0.4, -0.2) is 39.2 Å². The fourth-order valence-electron chi connectivity index (χ4n) is 9.17. The van der Waals surface area contributed by atoms with Crippen LogP contribution >= 0.6 is 0 Å². The Morgan fingerprint density at radius 3 is 2.63 bits per heavy atom. The standard InChI is InChI=1S/C29H46N2O4/c1-6-34-29(33)14-13-27(4)20(15-29)7-8-22-23-9-10-25(28(23,5)12-11-24(22)27)26(32)18-31-17-21(16-30-31)35-19(2)3/h16-17,19-20,22-25,33H,6-15,18H2,1-5H3/t20-,22-,23-,24-,25+,27-,28-,29-/m0/s1. The molecule has 0 radical (unpaired) electrons. The molecule has 6 heteroatoms. The quantitative estimate of drug-likeness (QED) is 0.506. The highest BCUT2D eigenvalue weighted by Gasteiger charge is 2.62. The van der Waals surface area contributed by atoms with Crippen LogP contribution in [0.25, 0.3) is 0 Å². The lowest BCUT2D eigenvalue weighted by Crippen LogP contribution is -2.56. The van der Waals surface area contributed by atoms with E-state index in [9.17, 15) is 9.90 Å². The molecule has 4 aliphatic rings. The summed E-state index contributed by atoms with van der Waals surface area (Å²) < 4.78 is 13.3. The van der Waals surface area contributed by atoms with Crippen LogP contribution in [0.1, 0.15) is 92.4 Å². The van der Waals surface area contributed by atoms with E-state index in [1.165, 1.54) is 25.7 Å². The predicted octanol–water partition coefficient (Wildman–Crippen LogP) is 5.62. The summed E-state index contributed by atoms with van der Waals surface area (Å²) >= 11 is 0. The predicted molar refractivity (Wildman–Crippen MR) is 135 cm³/mol. The minimum absolute atomic E-state index is 0.0992. The first-order valence-electron chi connectivity index (χ1n) is 14.2. The van der Waals surface area contributed by atoms with Gasteiger partial charge in [-0.15, -0.1) is 0 Å². The summed E-state index contributed by atoms with van der Waals surface area (Å²) in [4.78, 5) is 13.5. The van der Waals surface area contributed by atoms with Gasteiger partial charge in [-0.25, -0.2) is 0 Å². The monoisotopic (exact) mass is 486 g/mol. The largest absolute Gasteiger partial charge is 0.488 e. The topological polar surface area (TPSA) is 73.6 Å². The van der Waals surface area contributed by atoms with Gasteiger partial charge in [-0.1, -0.05) is 13.8 Å². The minimum Gasteiger partial charge on any atom is -0.488 e. The molecule has 5 rings (SSSR count). The van der Waals surface area contributed by atoms with Crippen LogP contribution in [0.15, 0.2) is 12.4 Å². The third-order valence-electron chi connectivity index (χ3n) is 10.8. The highest BCUT2D eigenvalue weighted by molar-refractivity contribution is 5.82. The SMILES string of the molecule is CCO[C@@]1(O)CC[C@@]2(C)[C@@H](CC[C@@H]3[C@@H]2CC[C@]2(C)[C@@H](C(=O)Cn4cc(OC(C)C)cn4)CC[C@@H]32)C1. The number of nitrogens with zero attached hydrogens (tertiary/aromatic N) is 2. The number of hydrogen-bond donors (Lipinski definition) is 1. The third-order valence-corrected chi connectivity index (χ3v) is 10.8. The van der Waals surface area contributed by atoms with Gasteiger partial charge in [0.1, 0.15) is 0 Å². The van der Waals surface area contributed by atoms with E-state index in [0.717, 1.165) is 37.9 Å². The summed E-state index contributed by atoms with van der Waals surface area (Å²) in [6, 6.07) is 0. The molecule has 0 aromatic carbocycles. The Morgan fingerprint density at radius 2 is 1.89 bits per heavy atom. The zero-order valence-corrected chi connectivity index (χ0v) is 22.5. The maximum absolute atomic E-state index is 13.5. The lowest BCUT2D eigenvalue weighted by molar-refractivity contribution is -0.257. The van der Waals surface area contributed by atoms with Crippen LogP contribution < -0.4 is 4.74 Å². The van der Waals surface area contributed by atoms with Crippen LogP contribution in [0.2, 0.25) is 0 Å². The average Bonchev–Trinajstić information content (AvgIpc) is 3.37. The molecule has 0 amide bonds. The Kier molecular flexibility index (Phi) is 6.61. The average molecular weight is 487 g/mol. The van der Waals surface area contributed by atoms with E-state index < -0.39 is 5.79 Å². The second kappa shape index (κ2) is 9.16. The number of fused-ring (bicyclic) bond motifs is 5. The molecule has 35 heavy (non-hydrogen) atoms. The fraction of sp³-hybridized carbons (Fsp3) is 0.862. The van der Waals surface area contributed by atoms with Gasteiger partial charge in [-0.05, 0) is 100 Å². The number of carbonyl (C=O) groups is 1. The number of aliphatic hydroxyl groups is 1. The van der Waals surface area contributed by atoms with Crippen molar-refractivity contribution in [1.29, 1.82) is 0 Å². The van der Waals surface area contributed by atoms with E-state index in [1.807, 2.05) is 27.0 Å². The molecular weight excluding hydrogens is 440 g/mol. The summed E-state index contributed by atoms with van der Waals surface area (Å²) in [6.45, 7) is 11.8. The van der Waals surface area contributed by atoms with Crippen molar-refractivity contribution in [3.8, 4) is 5.75 Å². The van der Waals surface area contributed by atoms with Crippen molar-refractivity contribution >= 4 is 5.78 Å². The van der Waals surface area contributed by atoms with Gasteiger partial charge < -0.3 is 14.6 Å². The van der Waals surface area contributed by atoms with Gasteiger partial charge in [-0.3, -0.25) is 9.48 Å². The first-order chi connectivity index (χ1) is 16.6.